The second-order valence-electron chi connectivity index (χ2n) is 5.37. The van der Waals surface area contributed by atoms with Crippen molar-refractivity contribution in [1.82, 2.24) is 0 Å². The van der Waals surface area contributed by atoms with Crippen LogP contribution in [0.4, 0.5) is 0 Å². The molecule has 0 saturated carbocycles. The van der Waals surface area contributed by atoms with Crippen molar-refractivity contribution in [3.8, 4) is 5.75 Å². The van der Waals surface area contributed by atoms with Gasteiger partial charge in [0.2, 0.25) is 0 Å². The number of benzene rings is 3. The fraction of sp³-hybridized carbons (Fsp3) is 0.125. The largest absolute Gasteiger partial charge is 0.507 e. The molecule has 0 aliphatic heterocycles. The summed E-state index contributed by atoms with van der Waals surface area (Å²) >= 11 is 0. The Morgan fingerprint density at radius 2 is 1.80 bits per heavy atom. The SMILES string of the molecule is NC1c2cccc3cc(O)c4cccc(c4c23)C1(N)O. The third-order valence-electron chi connectivity index (χ3n) is 4.25. The first-order valence-electron chi connectivity index (χ1n) is 6.46. The Balaban J connectivity index is 2.39. The van der Waals surface area contributed by atoms with E-state index in [1.165, 1.54) is 0 Å². The van der Waals surface area contributed by atoms with Crippen LogP contribution in [0.3, 0.4) is 0 Å². The van der Waals surface area contributed by atoms with Gasteiger partial charge in [-0.2, -0.15) is 0 Å². The smallest absolute Gasteiger partial charge is 0.159 e. The number of hydrogen-bond acceptors (Lipinski definition) is 4. The second kappa shape index (κ2) is 3.49. The van der Waals surface area contributed by atoms with E-state index in [4.69, 9.17) is 11.5 Å². The molecular weight excluding hydrogens is 252 g/mol. The molecule has 1 aliphatic carbocycles. The van der Waals surface area contributed by atoms with Crippen LogP contribution < -0.4 is 11.5 Å². The van der Waals surface area contributed by atoms with Gasteiger partial charge in [-0.3, -0.25) is 5.73 Å². The number of phenols is 1. The summed E-state index contributed by atoms with van der Waals surface area (Å²) in [6.07, 6.45) is 0. The highest BCUT2D eigenvalue weighted by Crippen LogP contribution is 2.46. The molecular formula is C16H14N2O2. The van der Waals surface area contributed by atoms with Gasteiger partial charge in [-0.15, -0.1) is 0 Å². The van der Waals surface area contributed by atoms with Gasteiger partial charge in [-0.25, -0.2) is 0 Å². The molecule has 0 radical (unpaired) electrons. The Morgan fingerprint density at radius 3 is 2.60 bits per heavy atom. The van der Waals surface area contributed by atoms with Gasteiger partial charge in [-0.1, -0.05) is 36.4 Å². The zero-order valence-corrected chi connectivity index (χ0v) is 10.7. The van der Waals surface area contributed by atoms with Crippen LogP contribution in [0.2, 0.25) is 0 Å². The molecule has 4 heteroatoms. The van der Waals surface area contributed by atoms with E-state index in [1.54, 1.807) is 18.2 Å². The minimum atomic E-state index is -1.64. The molecule has 0 spiro atoms. The summed E-state index contributed by atoms with van der Waals surface area (Å²) in [5, 5.41) is 24.1. The standard InChI is InChI=1S/C16H14N2O2/c17-15-10-5-1-3-8-7-12(19)9-4-2-6-11(16(15,18)20)14(9)13(8)10/h1-7,15,19-20H,17-18H2. The fourth-order valence-corrected chi connectivity index (χ4v) is 3.26. The molecule has 4 rings (SSSR count). The lowest BCUT2D eigenvalue weighted by Crippen LogP contribution is -2.48. The molecule has 0 amide bonds. The fourth-order valence-electron chi connectivity index (χ4n) is 3.26. The van der Waals surface area contributed by atoms with Crippen molar-refractivity contribution >= 4 is 21.5 Å². The molecule has 20 heavy (non-hydrogen) atoms. The minimum absolute atomic E-state index is 0.178. The van der Waals surface area contributed by atoms with Crippen molar-refractivity contribution in [3.05, 3.63) is 53.6 Å². The average molecular weight is 266 g/mol. The van der Waals surface area contributed by atoms with E-state index < -0.39 is 11.8 Å². The number of phenolic OH excluding ortho intramolecular Hbond substituents is 1. The summed E-state index contributed by atoms with van der Waals surface area (Å²) < 4.78 is 0. The van der Waals surface area contributed by atoms with Gasteiger partial charge in [0, 0.05) is 16.3 Å². The van der Waals surface area contributed by atoms with Crippen molar-refractivity contribution in [3.63, 3.8) is 0 Å². The molecule has 6 N–H and O–H groups in total. The predicted octanol–water partition coefficient (Wildman–Crippen LogP) is 1.82. The van der Waals surface area contributed by atoms with E-state index in [9.17, 15) is 10.2 Å². The summed E-state index contributed by atoms with van der Waals surface area (Å²) in [6, 6.07) is 12.0. The van der Waals surface area contributed by atoms with Crippen molar-refractivity contribution in [2.75, 3.05) is 0 Å². The Bertz CT molecular complexity index is 871. The zero-order valence-electron chi connectivity index (χ0n) is 10.7. The van der Waals surface area contributed by atoms with Crippen molar-refractivity contribution in [2.24, 2.45) is 11.5 Å². The summed E-state index contributed by atoms with van der Waals surface area (Å²) in [5.41, 5.74) is 11.9. The molecule has 4 nitrogen and oxygen atoms in total. The van der Waals surface area contributed by atoms with Gasteiger partial charge in [0.25, 0.3) is 0 Å². The molecule has 2 atom stereocenters. The molecule has 1 aliphatic rings. The third-order valence-corrected chi connectivity index (χ3v) is 4.25. The van der Waals surface area contributed by atoms with Gasteiger partial charge in [-0.05, 0) is 22.4 Å². The quantitative estimate of drug-likeness (QED) is 0.369. The Labute approximate surface area is 115 Å². The maximum absolute atomic E-state index is 10.6. The molecule has 0 saturated heterocycles. The Kier molecular flexibility index (Phi) is 2.04. The van der Waals surface area contributed by atoms with Crippen molar-refractivity contribution in [2.45, 2.75) is 11.8 Å². The van der Waals surface area contributed by atoms with E-state index >= 15 is 0 Å². The molecule has 0 heterocycles. The molecule has 3 aromatic carbocycles. The van der Waals surface area contributed by atoms with Crippen LogP contribution in [0.1, 0.15) is 17.2 Å². The molecule has 0 bridgehead atoms. The lowest BCUT2D eigenvalue weighted by molar-refractivity contribution is 0.0158. The van der Waals surface area contributed by atoms with Gasteiger partial charge in [0.1, 0.15) is 5.75 Å². The van der Waals surface area contributed by atoms with Crippen LogP contribution in [0, 0.1) is 0 Å². The normalized spacial score (nSPS) is 24.6. The third kappa shape index (κ3) is 1.21. The van der Waals surface area contributed by atoms with Crippen LogP contribution in [0.15, 0.2) is 42.5 Å². The van der Waals surface area contributed by atoms with Gasteiger partial charge >= 0.3 is 0 Å². The van der Waals surface area contributed by atoms with Crippen molar-refractivity contribution < 1.29 is 10.2 Å². The zero-order chi connectivity index (χ0) is 14.1. The second-order valence-corrected chi connectivity index (χ2v) is 5.37. The lowest BCUT2D eigenvalue weighted by Gasteiger charge is -2.36. The molecule has 3 aromatic rings. The average Bonchev–Trinajstić information content (AvgIpc) is 2.44. The van der Waals surface area contributed by atoms with Crippen LogP contribution in [0.5, 0.6) is 5.75 Å². The number of aliphatic hydroxyl groups is 1. The van der Waals surface area contributed by atoms with E-state index in [0.717, 1.165) is 21.7 Å². The summed E-state index contributed by atoms with van der Waals surface area (Å²) in [4.78, 5) is 0. The van der Waals surface area contributed by atoms with Crippen LogP contribution in [-0.4, -0.2) is 10.2 Å². The number of nitrogens with two attached hydrogens (primary N) is 2. The van der Waals surface area contributed by atoms with Crippen molar-refractivity contribution in [1.29, 1.82) is 0 Å². The van der Waals surface area contributed by atoms with E-state index in [-0.39, 0.29) is 5.75 Å². The minimum Gasteiger partial charge on any atom is -0.507 e. The first kappa shape index (κ1) is 11.7. The lowest BCUT2D eigenvalue weighted by atomic mass is 9.78. The van der Waals surface area contributed by atoms with E-state index in [0.29, 0.717) is 10.9 Å². The van der Waals surface area contributed by atoms with E-state index in [1.807, 2.05) is 24.3 Å². The van der Waals surface area contributed by atoms with Crippen LogP contribution in [-0.2, 0) is 5.72 Å². The van der Waals surface area contributed by atoms with E-state index in [2.05, 4.69) is 0 Å². The first-order valence-corrected chi connectivity index (χ1v) is 6.46. The highest BCUT2D eigenvalue weighted by molar-refractivity contribution is 6.14. The molecule has 100 valence electrons. The van der Waals surface area contributed by atoms with Crippen LogP contribution >= 0.6 is 0 Å². The number of hydrogen-bond donors (Lipinski definition) is 4. The highest BCUT2D eigenvalue weighted by Gasteiger charge is 2.39. The maximum Gasteiger partial charge on any atom is 0.159 e. The number of rotatable bonds is 0. The Morgan fingerprint density at radius 1 is 1.05 bits per heavy atom. The monoisotopic (exact) mass is 266 g/mol. The summed E-state index contributed by atoms with van der Waals surface area (Å²) in [7, 11) is 0. The summed E-state index contributed by atoms with van der Waals surface area (Å²) in [6.45, 7) is 0. The maximum atomic E-state index is 10.6. The highest BCUT2D eigenvalue weighted by atomic mass is 16.3. The summed E-state index contributed by atoms with van der Waals surface area (Å²) in [5.74, 6) is 0.178. The number of aromatic hydroxyl groups is 1. The predicted molar refractivity (Wildman–Crippen MR) is 78.1 cm³/mol. The van der Waals surface area contributed by atoms with Gasteiger partial charge < -0.3 is 15.9 Å². The van der Waals surface area contributed by atoms with Gasteiger partial charge in [0.15, 0.2) is 5.72 Å². The topological polar surface area (TPSA) is 92.5 Å². The molecule has 0 fully saturated rings. The van der Waals surface area contributed by atoms with Crippen LogP contribution in [0.25, 0.3) is 21.5 Å². The molecule has 2 unspecified atom stereocenters. The first-order chi connectivity index (χ1) is 9.51. The van der Waals surface area contributed by atoms with Gasteiger partial charge in [0.05, 0.1) is 6.04 Å². The molecule has 0 aromatic heterocycles. The Hall–Kier alpha value is -2.14.